The lowest BCUT2D eigenvalue weighted by molar-refractivity contribution is 0.410. The molecule has 2 heterocycles. The molecule has 1 atom stereocenters. The second kappa shape index (κ2) is 7.80. The zero-order chi connectivity index (χ0) is 18.6. The number of methoxy groups -OCH3 is 1. The van der Waals surface area contributed by atoms with Crippen molar-refractivity contribution in [1.29, 1.82) is 0 Å². The summed E-state index contributed by atoms with van der Waals surface area (Å²) in [5.41, 5.74) is 3.65. The molecule has 2 aromatic heterocycles. The fourth-order valence-corrected chi connectivity index (χ4v) is 3.44. The number of fused-ring (bicyclic) bond motifs is 1. The number of hydrogen-bond acceptors (Lipinski definition) is 5. The highest BCUT2D eigenvalue weighted by Gasteiger charge is 2.22. The van der Waals surface area contributed by atoms with Crippen molar-refractivity contribution in [2.24, 2.45) is 0 Å². The van der Waals surface area contributed by atoms with Crippen LogP contribution in [0.5, 0.6) is 5.75 Å². The molecule has 5 nitrogen and oxygen atoms in total. The van der Waals surface area contributed by atoms with Crippen LogP contribution in [0.2, 0.25) is 0 Å². The van der Waals surface area contributed by atoms with Gasteiger partial charge in [-0.25, -0.2) is 14.4 Å². The molecule has 1 aliphatic carbocycles. The third kappa shape index (κ3) is 3.80. The third-order valence-corrected chi connectivity index (χ3v) is 4.89. The lowest BCUT2D eigenvalue weighted by atomic mass is 9.92. The Morgan fingerprint density at radius 2 is 2.19 bits per heavy atom. The maximum atomic E-state index is 14.1. The Hall–Kier alpha value is -2.86. The highest BCUT2D eigenvalue weighted by molar-refractivity contribution is 5.53. The SMILES string of the molecule is COc1ccc(F)c(CN[C@@H]2CCCc3nc(-c4cccnc4)ncc32)c1. The van der Waals surface area contributed by atoms with E-state index in [2.05, 4.69) is 15.3 Å². The van der Waals surface area contributed by atoms with Gasteiger partial charge in [-0.1, -0.05) is 0 Å². The Kier molecular flexibility index (Phi) is 5.07. The van der Waals surface area contributed by atoms with E-state index >= 15 is 0 Å². The maximum absolute atomic E-state index is 14.1. The van der Waals surface area contributed by atoms with Crippen LogP contribution < -0.4 is 10.1 Å². The minimum Gasteiger partial charge on any atom is -0.497 e. The van der Waals surface area contributed by atoms with Crippen LogP contribution in [-0.2, 0) is 13.0 Å². The molecule has 0 spiro atoms. The Balaban J connectivity index is 1.53. The van der Waals surface area contributed by atoms with Crippen LogP contribution in [0.4, 0.5) is 4.39 Å². The molecule has 0 saturated carbocycles. The van der Waals surface area contributed by atoms with Crippen molar-refractivity contribution in [3.8, 4) is 17.1 Å². The first-order valence-electron chi connectivity index (χ1n) is 9.06. The number of nitrogens with zero attached hydrogens (tertiary/aromatic N) is 3. The monoisotopic (exact) mass is 364 g/mol. The number of ether oxygens (including phenoxy) is 1. The number of pyridine rings is 1. The van der Waals surface area contributed by atoms with Crippen LogP contribution in [0.15, 0.2) is 48.9 Å². The summed E-state index contributed by atoms with van der Waals surface area (Å²) in [7, 11) is 1.58. The molecule has 0 bridgehead atoms. The second-order valence-corrected chi connectivity index (χ2v) is 6.62. The molecule has 0 fully saturated rings. The standard InChI is InChI=1S/C21H21FN4O/c1-27-16-7-8-18(22)15(10-16)12-24-19-5-2-6-20-17(19)13-25-21(26-20)14-4-3-9-23-11-14/h3-4,7-11,13,19,24H,2,5-6,12H2,1H3/t19-/m1/s1. The van der Waals surface area contributed by atoms with Gasteiger partial charge in [0.25, 0.3) is 0 Å². The van der Waals surface area contributed by atoms with Gasteiger partial charge in [-0.3, -0.25) is 4.98 Å². The number of hydrogen-bond donors (Lipinski definition) is 1. The van der Waals surface area contributed by atoms with E-state index in [0.29, 0.717) is 23.7 Å². The highest BCUT2D eigenvalue weighted by atomic mass is 19.1. The summed E-state index contributed by atoms with van der Waals surface area (Å²) in [5.74, 6) is 1.12. The van der Waals surface area contributed by atoms with Crippen molar-refractivity contribution in [1.82, 2.24) is 20.3 Å². The van der Waals surface area contributed by atoms with Crippen LogP contribution in [0.3, 0.4) is 0 Å². The molecule has 0 radical (unpaired) electrons. The first-order valence-corrected chi connectivity index (χ1v) is 9.06. The zero-order valence-electron chi connectivity index (χ0n) is 15.2. The summed E-state index contributed by atoms with van der Waals surface area (Å²) in [4.78, 5) is 13.4. The minimum atomic E-state index is -0.234. The van der Waals surface area contributed by atoms with E-state index in [1.54, 1.807) is 31.6 Å². The highest BCUT2D eigenvalue weighted by Crippen LogP contribution is 2.30. The first kappa shape index (κ1) is 17.5. The summed E-state index contributed by atoms with van der Waals surface area (Å²) in [6, 6.07) is 8.75. The zero-order valence-corrected chi connectivity index (χ0v) is 15.2. The van der Waals surface area contributed by atoms with Crippen molar-refractivity contribution in [3.63, 3.8) is 0 Å². The van der Waals surface area contributed by atoms with Gasteiger partial charge >= 0.3 is 0 Å². The lowest BCUT2D eigenvalue weighted by Crippen LogP contribution is -2.26. The predicted molar refractivity (Wildman–Crippen MR) is 101 cm³/mol. The van der Waals surface area contributed by atoms with E-state index in [1.807, 2.05) is 18.3 Å². The lowest BCUT2D eigenvalue weighted by Gasteiger charge is -2.26. The molecule has 1 aliphatic rings. The Morgan fingerprint density at radius 3 is 3.00 bits per heavy atom. The largest absolute Gasteiger partial charge is 0.497 e. The van der Waals surface area contributed by atoms with Crippen molar-refractivity contribution in [3.05, 3.63) is 71.6 Å². The fourth-order valence-electron chi connectivity index (χ4n) is 3.44. The number of nitrogens with one attached hydrogen (secondary N) is 1. The molecular weight excluding hydrogens is 343 g/mol. The molecule has 1 N–H and O–H groups in total. The Labute approximate surface area is 157 Å². The number of rotatable bonds is 5. The van der Waals surface area contributed by atoms with Gasteiger partial charge in [-0.05, 0) is 49.6 Å². The van der Waals surface area contributed by atoms with E-state index < -0.39 is 0 Å². The smallest absolute Gasteiger partial charge is 0.160 e. The molecule has 1 aromatic carbocycles. The van der Waals surface area contributed by atoms with E-state index in [0.717, 1.165) is 36.1 Å². The van der Waals surface area contributed by atoms with Gasteiger partial charge in [0, 0.05) is 53.6 Å². The quantitative estimate of drug-likeness (QED) is 0.745. The molecular formula is C21H21FN4O. The summed E-state index contributed by atoms with van der Waals surface area (Å²) >= 11 is 0. The topological polar surface area (TPSA) is 59.9 Å². The van der Waals surface area contributed by atoms with Crippen LogP contribution in [-0.4, -0.2) is 22.1 Å². The van der Waals surface area contributed by atoms with Crippen LogP contribution >= 0.6 is 0 Å². The van der Waals surface area contributed by atoms with Crippen LogP contribution in [0, 0.1) is 5.82 Å². The predicted octanol–water partition coefficient (Wildman–Crippen LogP) is 3.85. The summed E-state index contributed by atoms with van der Waals surface area (Å²) in [6.45, 7) is 0.428. The van der Waals surface area contributed by atoms with Gasteiger partial charge < -0.3 is 10.1 Å². The number of aryl methyl sites for hydroxylation is 1. The Morgan fingerprint density at radius 1 is 1.26 bits per heavy atom. The van der Waals surface area contributed by atoms with Crippen molar-refractivity contribution >= 4 is 0 Å². The third-order valence-electron chi connectivity index (χ3n) is 4.89. The summed E-state index contributed by atoms with van der Waals surface area (Å²) in [5, 5.41) is 3.46. The molecule has 0 amide bonds. The van der Waals surface area contributed by atoms with Gasteiger partial charge in [0.05, 0.1) is 7.11 Å². The summed E-state index contributed by atoms with van der Waals surface area (Å²) < 4.78 is 19.3. The van der Waals surface area contributed by atoms with E-state index in [1.165, 1.54) is 6.07 Å². The molecule has 3 aromatic rings. The summed E-state index contributed by atoms with van der Waals surface area (Å²) in [6.07, 6.45) is 8.34. The molecule has 27 heavy (non-hydrogen) atoms. The number of halogens is 1. The van der Waals surface area contributed by atoms with Crippen LogP contribution in [0.25, 0.3) is 11.4 Å². The van der Waals surface area contributed by atoms with E-state index in [9.17, 15) is 4.39 Å². The Bertz CT molecular complexity index is 933. The van der Waals surface area contributed by atoms with Gasteiger partial charge in [-0.2, -0.15) is 0 Å². The van der Waals surface area contributed by atoms with Gasteiger partial charge in [-0.15, -0.1) is 0 Å². The number of aromatic nitrogens is 3. The van der Waals surface area contributed by atoms with E-state index in [-0.39, 0.29) is 11.9 Å². The minimum absolute atomic E-state index is 0.113. The maximum Gasteiger partial charge on any atom is 0.160 e. The average Bonchev–Trinajstić information content (AvgIpc) is 2.73. The van der Waals surface area contributed by atoms with Gasteiger partial charge in [0.1, 0.15) is 11.6 Å². The van der Waals surface area contributed by atoms with E-state index in [4.69, 9.17) is 9.72 Å². The molecule has 0 aliphatic heterocycles. The molecule has 138 valence electrons. The number of benzene rings is 1. The second-order valence-electron chi connectivity index (χ2n) is 6.62. The fraction of sp³-hybridized carbons (Fsp3) is 0.286. The molecule has 4 rings (SSSR count). The van der Waals surface area contributed by atoms with Crippen molar-refractivity contribution < 1.29 is 9.13 Å². The normalized spacial score (nSPS) is 16.0. The van der Waals surface area contributed by atoms with Crippen molar-refractivity contribution in [2.75, 3.05) is 7.11 Å². The van der Waals surface area contributed by atoms with Crippen molar-refractivity contribution in [2.45, 2.75) is 31.8 Å². The molecule has 0 unspecified atom stereocenters. The van der Waals surface area contributed by atoms with Gasteiger partial charge in [0.2, 0.25) is 0 Å². The average molecular weight is 364 g/mol. The van der Waals surface area contributed by atoms with Crippen LogP contribution in [0.1, 0.15) is 35.7 Å². The molecule has 0 saturated heterocycles. The first-order chi connectivity index (χ1) is 13.2. The molecule has 6 heteroatoms. The van der Waals surface area contributed by atoms with Gasteiger partial charge in [0.15, 0.2) is 5.82 Å².